The zero-order chi connectivity index (χ0) is 11.4. The fourth-order valence-electron chi connectivity index (χ4n) is 1.99. The lowest BCUT2D eigenvalue weighted by molar-refractivity contribution is 0.443. The predicted molar refractivity (Wildman–Crippen MR) is 70.1 cm³/mol. The second kappa shape index (κ2) is 4.97. The molecule has 0 bridgehead atoms. The Hall–Kier alpha value is -0.870. The molecule has 0 unspecified atom stereocenters. The molecule has 4 N–H and O–H groups in total. The summed E-state index contributed by atoms with van der Waals surface area (Å²) in [5.74, 6) is 2.64. The van der Waals surface area contributed by atoms with Gasteiger partial charge in [0, 0.05) is 12.2 Å². The van der Waals surface area contributed by atoms with Crippen LogP contribution in [0.2, 0.25) is 0 Å². The van der Waals surface area contributed by atoms with E-state index in [-0.39, 0.29) is 5.54 Å². The molecule has 1 heterocycles. The van der Waals surface area contributed by atoms with Crippen LogP contribution < -0.4 is 11.1 Å². The van der Waals surface area contributed by atoms with Gasteiger partial charge >= 0.3 is 0 Å². The van der Waals surface area contributed by atoms with E-state index >= 15 is 0 Å². The second-order valence-electron chi connectivity index (χ2n) is 4.27. The molecule has 1 aromatic rings. The highest BCUT2D eigenvalue weighted by Gasteiger charge is 2.30. The van der Waals surface area contributed by atoms with E-state index in [0.29, 0.717) is 12.3 Å². The number of rotatable bonds is 3. The third kappa shape index (κ3) is 2.62. The number of aromatic hydroxyl groups is 1. The minimum atomic E-state index is 0.0439. The van der Waals surface area contributed by atoms with Gasteiger partial charge in [-0.15, -0.1) is 0 Å². The van der Waals surface area contributed by atoms with Gasteiger partial charge in [-0.2, -0.15) is 11.8 Å². The number of phenols is 1. The summed E-state index contributed by atoms with van der Waals surface area (Å²) in [4.78, 5) is 0. The maximum Gasteiger partial charge on any atom is 0.115 e. The maximum absolute atomic E-state index is 9.23. The van der Waals surface area contributed by atoms with Crippen LogP contribution in [-0.4, -0.2) is 28.7 Å². The Balaban J connectivity index is 2.08. The molecule has 2 rings (SSSR count). The molecule has 0 aliphatic carbocycles. The number of phenolic OH excluding ortho intramolecular Hbond substituents is 1. The average Bonchev–Trinajstić information content (AvgIpc) is 2.33. The highest BCUT2D eigenvalue weighted by molar-refractivity contribution is 7.99. The van der Waals surface area contributed by atoms with Gasteiger partial charge in [0.1, 0.15) is 5.75 Å². The molecule has 0 spiro atoms. The van der Waals surface area contributed by atoms with Crippen LogP contribution in [0, 0.1) is 0 Å². The molecular weight excluding hydrogens is 220 g/mol. The van der Waals surface area contributed by atoms with E-state index in [1.165, 1.54) is 11.5 Å². The first-order valence-electron chi connectivity index (χ1n) is 5.59. The van der Waals surface area contributed by atoms with Crippen molar-refractivity contribution in [3.8, 4) is 5.75 Å². The van der Waals surface area contributed by atoms with Crippen molar-refractivity contribution in [3.05, 3.63) is 24.3 Å². The third-order valence-corrected chi connectivity index (χ3v) is 4.10. The van der Waals surface area contributed by atoms with Crippen LogP contribution in [0.1, 0.15) is 12.8 Å². The number of hydrogen-bond acceptors (Lipinski definition) is 4. The molecule has 0 aromatic heterocycles. The van der Waals surface area contributed by atoms with Crippen LogP contribution in [0.25, 0.3) is 0 Å². The number of anilines is 1. The monoisotopic (exact) mass is 238 g/mol. The highest BCUT2D eigenvalue weighted by Crippen LogP contribution is 2.30. The molecule has 4 heteroatoms. The van der Waals surface area contributed by atoms with Crippen LogP contribution in [0.3, 0.4) is 0 Å². The van der Waals surface area contributed by atoms with E-state index in [0.717, 1.165) is 18.5 Å². The standard InChI is InChI=1S/C12H18N2OS/c13-9-12(5-7-16-8-6-12)14-10-1-3-11(15)4-2-10/h1-4,14-15H,5-9,13H2. The molecule has 1 aliphatic heterocycles. The van der Waals surface area contributed by atoms with E-state index < -0.39 is 0 Å². The van der Waals surface area contributed by atoms with Gasteiger partial charge in [0.25, 0.3) is 0 Å². The van der Waals surface area contributed by atoms with Crippen LogP contribution in [-0.2, 0) is 0 Å². The lowest BCUT2D eigenvalue weighted by Crippen LogP contribution is -2.48. The first-order chi connectivity index (χ1) is 7.74. The smallest absolute Gasteiger partial charge is 0.115 e. The van der Waals surface area contributed by atoms with E-state index in [1.807, 2.05) is 23.9 Å². The normalized spacial score (nSPS) is 19.3. The van der Waals surface area contributed by atoms with E-state index in [2.05, 4.69) is 5.32 Å². The van der Waals surface area contributed by atoms with Crippen LogP contribution in [0.5, 0.6) is 5.75 Å². The zero-order valence-corrected chi connectivity index (χ0v) is 10.1. The first-order valence-corrected chi connectivity index (χ1v) is 6.75. The van der Waals surface area contributed by atoms with Gasteiger partial charge in [-0.05, 0) is 48.6 Å². The molecule has 1 fully saturated rings. The molecule has 1 aromatic carbocycles. The Bertz CT molecular complexity index is 333. The largest absolute Gasteiger partial charge is 0.508 e. The summed E-state index contributed by atoms with van der Waals surface area (Å²) < 4.78 is 0. The topological polar surface area (TPSA) is 58.3 Å². The highest BCUT2D eigenvalue weighted by atomic mass is 32.2. The molecule has 3 nitrogen and oxygen atoms in total. The predicted octanol–water partition coefficient (Wildman–Crippen LogP) is 2.03. The maximum atomic E-state index is 9.23. The van der Waals surface area contributed by atoms with Crippen molar-refractivity contribution < 1.29 is 5.11 Å². The average molecular weight is 238 g/mol. The zero-order valence-electron chi connectivity index (χ0n) is 9.28. The minimum Gasteiger partial charge on any atom is -0.508 e. The Labute approximate surface area is 100 Å². The van der Waals surface area contributed by atoms with Gasteiger partial charge in [-0.25, -0.2) is 0 Å². The molecule has 0 radical (unpaired) electrons. The van der Waals surface area contributed by atoms with Crippen LogP contribution in [0.15, 0.2) is 24.3 Å². The van der Waals surface area contributed by atoms with Gasteiger partial charge < -0.3 is 16.2 Å². The van der Waals surface area contributed by atoms with Gasteiger partial charge in [-0.1, -0.05) is 0 Å². The molecule has 1 aliphatic rings. The van der Waals surface area contributed by atoms with Crippen molar-refractivity contribution >= 4 is 17.4 Å². The summed E-state index contributed by atoms with van der Waals surface area (Å²) in [5.41, 5.74) is 6.98. The van der Waals surface area contributed by atoms with E-state index in [9.17, 15) is 5.11 Å². The van der Waals surface area contributed by atoms with Gasteiger partial charge in [0.15, 0.2) is 0 Å². The quantitative estimate of drug-likeness (QED) is 0.705. The summed E-state index contributed by atoms with van der Waals surface area (Å²) in [5, 5.41) is 12.7. The van der Waals surface area contributed by atoms with E-state index in [1.54, 1.807) is 12.1 Å². The Morgan fingerprint density at radius 1 is 1.25 bits per heavy atom. The van der Waals surface area contributed by atoms with Gasteiger partial charge in [0.05, 0.1) is 5.54 Å². The van der Waals surface area contributed by atoms with Crippen molar-refractivity contribution in [2.24, 2.45) is 5.73 Å². The molecule has 16 heavy (non-hydrogen) atoms. The fourth-order valence-corrected chi connectivity index (χ4v) is 3.27. The number of nitrogens with two attached hydrogens (primary N) is 1. The Kier molecular flexibility index (Phi) is 3.61. The lowest BCUT2D eigenvalue weighted by Gasteiger charge is -2.37. The summed E-state index contributed by atoms with van der Waals surface area (Å²) in [6.45, 7) is 0.661. The summed E-state index contributed by atoms with van der Waals surface area (Å²) in [7, 11) is 0. The molecule has 0 saturated carbocycles. The first kappa shape index (κ1) is 11.6. The Morgan fingerprint density at radius 3 is 2.44 bits per heavy atom. The molecule has 88 valence electrons. The summed E-state index contributed by atoms with van der Waals surface area (Å²) in [6, 6.07) is 7.19. The minimum absolute atomic E-state index is 0.0439. The van der Waals surface area contributed by atoms with Crippen molar-refractivity contribution in [1.82, 2.24) is 0 Å². The Morgan fingerprint density at radius 2 is 1.88 bits per heavy atom. The summed E-state index contributed by atoms with van der Waals surface area (Å²) >= 11 is 1.99. The van der Waals surface area contributed by atoms with E-state index in [4.69, 9.17) is 5.73 Å². The van der Waals surface area contributed by atoms with Gasteiger partial charge in [0.2, 0.25) is 0 Å². The van der Waals surface area contributed by atoms with Crippen molar-refractivity contribution in [2.45, 2.75) is 18.4 Å². The molecule has 1 saturated heterocycles. The fraction of sp³-hybridized carbons (Fsp3) is 0.500. The van der Waals surface area contributed by atoms with Crippen molar-refractivity contribution in [3.63, 3.8) is 0 Å². The number of benzene rings is 1. The van der Waals surface area contributed by atoms with Crippen LogP contribution in [0.4, 0.5) is 5.69 Å². The number of nitrogens with one attached hydrogen (secondary N) is 1. The van der Waals surface area contributed by atoms with Crippen LogP contribution >= 0.6 is 11.8 Å². The van der Waals surface area contributed by atoms with Crippen molar-refractivity contribution in [1.29, 1.82) is 0 Å². The van der Waals surface area contributed by atoms with Gasteiger partial charge in [-0.3, -0.25) is 0 Å². The third-order valence-electron chi connectivity index (χ3n) is 3.12. The second-order valence-corrected chi connectivity index (χ2v) is 5.49. The number of thioether (sulfide) groups is 1. The number of hydrogen-bond donors (Lipinski definition) is 3. The molecular formula is C12H18N2OS. The summed E-state index contributed by atoms with van der Waals surface area (Å²) in [6.07, 6.45) is 2.21. The lowest BCUT2D eigenvalue weighted by atomic mass is 9.92. The van der Waals surface area contributed by atoms with Crippen molar-refractivity contribution in [2.75, 3.05) is 23.4 Å². The molecule has 0 amide bonds. The molecule has 0 atom stereocenters. The SMILES string of the molecule is NCC1(Nc2ccc(O)cc2)CCSCC1.